The lowest BCUT2D eigenvalue weighted by atomic mass is 10.1. The predicted molar refractivity (Wildman–Crippen MR) is 75.0 cm³/mol. The van der Waals surface area contributed by atoms with E-state index in [1.54, 1.807) is 14.2 Å². The first-order chi connectivity index (χ1) is 9.65. The van der Waals surface area contributed by atoms with Crippen LogP contribution in [-0.2, 0) is 23.7 Å². The SMILES string of the molecule is COC(=O)CCC/C=C/CCC1(OC)C=CC(OC)O1. The Hall–Kier alpha value is -1.17. The van der Waals surface area contributed by atoms with E-state index in [1.807, 2.05) is 12.2 Å². The molecule has 0 saturated heterocycles. The van der Waals surface area contributed by atoms with Crippen molar-refractivity contribution in [2.75, 3.05) is 21.3 Å². The van der Waals surface area contributed by atoms with E-state index in [9.17, 15) is 4.79 Å². The molecule has 0 radical (unpaired) electrons. The number of hydrogen-bond donors (Lipinski definition) is 0. The lowest BCUT2D eigenvalue weighted by molar-refractivity contribution is -0.244. The van der Waals surface area contributed by atoms with Gasteiger partial charge in [-0.25, -0.2) is 0 Å². The molecular weight excluding hydrogens is 260 g/mol. The van der Waals surface area contributed by atoms with Crippen LogP contribution in [0.5, 0.6) is 0 Å². The van der Waals surface area contributed by atoms with E-state index in [1.165, 1.54) is 7.11 Å². The molecule has 0 saturated carbocycles. The van der Waals surface area contributed by atoms with Crippen molar-refractivity contribution in [3.63, 3.8) is 0 Å². The summed E-state index contributed by atoms with van der Waals surface area (Å²) in [5.74, 6) is -0.844. The molecule has 2 atom stereocenters. The largest absolute Gasteiger partial charge is 0.469 e. The molecule has 0 spiro atoms. The van der Waals surface area contributed by atoms with Crippen LogP contribution in [-0.4, -0.2) is 39.4 Å². The number of allylic oxidation sites excluding steroid dienone is 2. The summed E-state index contributed by atoms with van der Waals surface area (Å²) in [5.41, 5.74) is 0. The van der Waals surface area contributed by atoms with Crippen molar-refractivity contribution < 1.29 is 23.7 Å². The minimum Gasteiger partial charge on any atom is -0.469 e. The Morgan fingerprint density at radius 1 is 1.30 bits per heavy atom. The van der Waals surface area contributed by atoms with Crippen LogP contribution in [0.15, 0.2) is 24.3 Å². The lowest BCUT2D eigenvalue weighted by Gasteiger charge is -2.26. The fraction of sp³-hybridized carbons (Fsp3) is 0.667. The molecule has 20 heavy (non-hydrogen) atoms. The van der Waals surface area contributed by atoms with E-state index in [-0.39, 0.29) is 12.3 Å². The third kappa shape index (κ3) is 5.45. The number of ether oxygens (including phenoxy) is 4. The molecule has 5 heteroatoms. The highest BCUT2D eigenvalue weighted by atomic mass is 16.8. The van der Waals surface area contributed by atoms with Gasteiger partial charge in [-0.3, -0.25) is 4.79 Å². The molecule has 0 aromatic rings. The molecular formula is C15H24O5. The summed E-state index contributed by atoms with van der Waals surface area (Å²) in [5, 5.41) is 0. The first kappa shape index (κ1) is 16.9. The van der Waals surface area contributed by atoms with Crippen LogP contribution in [0.3, 0.4) is 0 Å². The maximum atomic E-state index is 10.9. The molecule has 5 nitrogen and oxygen atoms in total. The smallest absolute Gasteiger partial charge is 0.305 e. The van der Waals surface area contributed by atoms with Crippen LogP contribution >= 0.6 is 0 Å². The minimum absolute atomic E-state index is 0.160. The van der Waals surface area contributed by atoms with Gasteiger partial charge in [0.2, 0.25) is 0 Å². The number of unbranched alkanes of at least 4 members (excludes halogenated alkanes) is 1. The van der Waals surface area contributed by atoms with Crippen molar-refractivity contribution in [3.05, 3.63) is 24.3 Å². The Labute approximate surface area is 120 Å². The fourth-order valence-electron chi connectivity index (χ4n) is 1.97. The van der Waals surface area contributed by atoms with Gasteiger partial charge in [0.25, 0.3) is 0 Å². The van der Waals surface area contributed by atoms with Gasteiger partial charge in [0, 0.05) is 27.1 Å². The fourth-order valence-corrected chi connectivity index (χ4v) is 1.97. The van der Waals surface area contributed by atoms with E-state index in [4.69, 9.17) is 14.2 Å². The zero-order valence-electron chi connectivity index (χ0n) is 12.5. The third-order valence-corrected chi connectivity index (χ3v) is 3.21. The normalized spacial score (nSPS) is 25.4. The molecule has 0 aromatic heterocycles. The van der Waals surface area contributed by atoms with Crippen LogP contribution < -0.4 is 0 Å². The second kappa shape index (κ2) is 8.89. The zero-order valence-corrected chi connectivity index (χ0v) is 12.5. The predicted octanol–water partition coefficient (Wildman–Crippen LogP) is 2.57. The molecule has 0 bridgehead atoms. The number of hydrogen-bond acceptors (Lipinski definition) is 5. The first-order valence-corrected chi connectivity index (χ1v) is 6.82. The summed E-state index contributed by atoms with van der Waals surface area (Å²) in [6.07, 6.45) is 11.3. The molecule has 0 fully saturated rings. The van der Waals surface area contributed by atoms with Crippen molar-refractivity contribution in [2.45, 2.75) is 44.2 Å². The molecule has 0 N–H and O–H groups in total. The van der Waals surface area contributed by atoms with E-state index in [0.29, 0.717) is 6.42 Å². The van der Waals surface area contributed by atoms with E-state index in [0.717, 1.165) is 25.7 Å². The Morgan fingerprint density at radius 2 is 2.05 bits per heavy atom. The Morgan fingerprint density at radius 3 is 2.65 bits per heavy atom. The second-order valence-electron chi connectivity index (χ2n) is 4.58. The minimum atomic E-state index is -0.683. The van der Waals surface area contributed by atoms with Gasteiger partial charge < -0.3 is 18.9 Å². The van der Waals surface area contributed by atoms with E-state index in [2.05, 4.69) is 16.9 Å². The highest BCUT2D eigenvalue weighted by Crippen LogP contribution is 2.29. The molecule has 114 valence electrons. The quantitative estimate of drug-likeness (QED) is 0.370. The van der Waals surface area contributed by atoms with Crippen LogP contribution in [0.2, 0.25) is 0 Å². The van der Waals surface area contributed by atoms with Gasteiger partial charge in [0.05, 0.1) is 7.11 Å². The van der Waals surface area contributed by atoms with Crippen LogP contribution in [0.1, 0.15) is 32.1 Å². The zero-order chi connectivity index (χ0) is 14.8. The summed E-state index contributed by atoms with van der Waals surface area (Å²) in [4.78, 5) is 10.9. The van der Waals surface area contributed by atoms with Crippen molar-refractivity contribution in [2.24, 2.45) is 0 Å². The summed E-state index contributed by atoms with van der Waals surface area (Å²) < 4.78 is 20.8. The molecule has 1 rings (SSSR count). The third-order valence-electron chi connectivity index (χ3n) is 3.21. The van der Waals surface area contributed by atoms with Gasteiger partial charge in [-0.05, 0) is 31.4 Å². The Bertz CT molecular complexity index is 350. The van der Waals surface area contributed by atoms with Crippen molar-refractivity contribution in [1.29, 1.82) is 0 Å². The van der Waals surface area contributed by atoms with Crippen LogP contribution in [0.25, 0.3) is 0 Å². The maximum Gasteiger partial charge on any atom is 0.305 e. The summed E-state index contributed by atoms with van der Waals surface area (Å²) in [6.45, 7) is 0. The highest BCUT2D eigenvalue weighted by Gasteiger charge is 2.34. The van der Waals surface area contributed by atoms with E-state index >= 15 is 0 Å². The standard InChI is InChI=1S/C15H24O5/c1-17-13(16)9-7-5-4-6-8-11-15(19-3)12-10-14(18-2)20-15/h4,6,10,12,14H,5,7-9,11H2,1-3H3/b6-4+. The molecule has 0 amide bonds. The van der Waals surface area contributed by atoms with Gasteiger partial charge >= 0.3 is 5.97 Å². The van der Waals surface area contributed by atoms with Gasteiger partial charge in [0.1, 0.15) is 0 Å². The number of carbonyl (C=O) groups is 1. The summed E-state index contributed by atoms with van der Waals surface area (Å²) in [6, 6.07) is 0. The van der Waals surface area contributed by atoms with Crippen molar-refractivity contribution in [3.8, 4) is 0 Å². The number of rotatable bonds is 9. The molecule has 1 aliphatic heterocycles. The summed E-state index contributed by atoms with van der Waals surface area (Å²) in [7, 11) is 4.63. The van der Waals surface area contributed by atoms with Gasteiger partial charge in [-0.2, -0.15) is 0 Å². The average Bonchev–Trinajstić information content (AvgIpc) is 2.90. The molecule has 0 aromatic carbocycles. The van der Waals surface area contributed by atoms with Crippen LogP contribution in [0, 0.1) is 0 Å². The van der Waals surface area contributed by atoms with Gasteiger partial charge in [-0.1, -0.05) is 12.2 Å². The Kier molecular flexibility index (Phi) is 7.51. The first-order valence-electron chi connectivity index (χ1n) is 6.82. The number of methoxy groups -OCH3 is 3. The van der Waals surface area contributed by atoms with Crippen LogP contribution in [0.4, 0.5) is 0 Å². The highest BCUT2D eigenvalue weighted by molar-refractivity contribution is 5.68. The maximum absolute atomic E-state index is 10.9. The molecule has 0 aliphatic carbocycles. The summed E-state index contributed by atoms with van der Waals surface area (Å²) >= 11 is 0. The monoisotopic (exact) mass is 284 g/mol. The lowest BCUT2D eigenvalue weighted by Crippen LogP contribution is -2.32. The van der Waals surface area contributed by atoms with Crippen molar-refractivity contribution in [1.82, 2.24) is 0 Å². The average molecular weight is 284 g/mol. The Balaban J connectivity index is 2.19. The van der Waals surface area contributed by atoms with Gasteiger partial charge in [0.15, 0.2) is 12.1 Å². The molecule has 1 aliphatic rings. The van der Waals surface area contributed by atoms with Gasteiger partial charge in [-0.15, -0.1) is 0 Å². The number of esters is 1. The molecule has 1 heterocycles. The second-order valence-corrected chi connectivity index (χ2v) is 4.58. The number of carbonyl (C=O) groups excluding carboxylic acids is 1. The molecule has 2 unspecified atom stereocenters. The van der Waals surface area contributed by atoms with E-state index < -0.39 is 5.79 Å². The topological polar surface area (TPSA) is 54.0 Å². The van der Waals surface area contributed by atoms with Crippen molar-refractivity contribution >= 4 is 5.97 Å².